The van der Waals surface area contributed by atoms with E-state index in [2.05, 4.69) is 13.8 Å². The summed E-state index contributed by atoms with van der Waals surface area (Å²) in [7, 11) is -8.89. The molecule has 0 heterocycles. The molecule has 2 N–H and O–H groups in total. The van der Waals surface area contributed by atoms with E-state index >= 15 is 0 Å². The molecule has 0 unspecified atom stereocenters. The second-order valence-corrected chi connectivity index (χ2v) is 12.3. The average Bonchev–Trinajstić information content (AvgIpc) is 2.89. The lowest BCUT2D eigenvalue weighted by atomic mass is 9.45. The smallest absolute Gasteiger partial charge is 0.264 e. The lowest BCUT2D eigenvalue weighted by molar-refractivity contribution is -0.129. The van der Waals surface area contributed by atoms with Crippen LogP contribution < -0.4 is 0 Å². The van der Waals surface area contributed by atoms with Gasteiger partial charge in [-0.25, -0.2) is 8.37 Å². The molecular weight excluding hydrogens is 420 g/mol. The van der Waals surface area contributed by atoms with Crippen LogP contribution in [0.4, 0.5) is 0 Å². The minimum absolute atomic E-state index is 0.103. The maximum absolute atomic E-state index is 11.3. The first kappa shape index (κ1) is 22.0. The van der Waals surface area contributed by atoms with Gasteiger partial charge in [0.2, 0.25) is 0 Å². The highest BCUT2D eigenvalue weighted by molar-refractivity contribution is 7.81. The fourth-order valence-electron chi connectivity index (χ4n) is 7.73. The molecule has 4 aliphatic carbocycles. The molecule has 0 spiro atoms. The van der Waals surface area contributed by atoms with E-state index in [9.17, 15) is 21.4 Å². The highest BCUT2D eigenvalue weighted by Gasteiger charge is 2.61. The highest BCUT2D eigenvalue weighted by atomic mass is 32.3. The molecular formula is C19H32O8S2. The number of hydrogen-bond donors (Lipinski definition) is 2. The van der Waals surface area contributed by atoms with Gasteiger partial charge in [0.05, 0.1) is 12.2 Å². The van der Waals surface area contributed by atoms with Crippen LogP contribution in [0.5, 0.6) is 0 Å². The van der Waals surface area contributed by atoms with Crippen molar-refractivity contribution in [3.05, 3.63) is 0 Å². The lowest BCUT2D eigenvalue weighted by Crippen LogP contribution is -2.54. The van der Waals surface area contributed by atoms with Crippen molar-refractivity contribution in [2.75, 3.05) is 0 Å². The fraction of sp³-hybridized carbons (Fsp3) is 1.00. The second-order valence-electron chi connectivity index (χ2n) is 10.2. The molecule has 4 rings (SSSR count). The summed E-state index contributed by atoms with van der Waals surface area (Å²) in [4.78, 5) is 0. The van der Waals surface area contributed by atoms with Gasteiger partial charge in [-0.15, -0.1) is 0 Å². The predicted octanol–water partition coefficient (Wildman–Crippen LogP) is 3.41. The van der Waals surface area contributed by atoms with Crippen molar-refractivity contribution in [3.8, 4) is 0 Å². The third-order valence-corrected chi connectivity index (χ3v) is 10.0. The Morgan fingerprint density at radius 2 is 1.38 bits per heavy atom. The van der Waals surface area contributed by atoms with Crippen LogP contribution in [0.1, 0.15) is 71.6 Å². The van der Waals surface area contributed by atoms with Gasteiger partial charge in [0.25, 0.3) is 0 Å². The summed E-state index contributed by atoms with van der Waals surface area (Å²) >= 11 is 0. The minimum atomic E-state index is -4.46. The SMILES string of the molecule is C[C@]12CC[C@H](OS(=O)(=O)O)C[C@@H]1CC[C@@H]1[C@@H]2CC[C@]2(C)[C@H](OS(=O)(=O)O)CC[C@@H]12. The zero-order chi connectivity index (χ0) is 21.2. The third-order valence-electron chi connectivity index (χ3n) is 9.03. The molecule has 0 bridgehead atoms. The molecule has 0 amide bonds. The molecule has 0 aliphatic heterocycles. The summed E-state index contributed by atoms with van der Waals surface area (Å²) in [6.07, 6.45) is 6.64. The van der Waals surface area contributed by atoms with Crippen molar-refractivity contribution in [3.63, 3.8) is 0 Å². The monoisotopic (exact) mass is 452 g/mol. The summed E-state index contributed by atoms with van der Waals surface area (Å²) in [5.41, 5.74) is -0.142. The predicted molar refractivity (Wildman–Crippen MR) is 105 cm³/mol. The Balaban J connectivity index is 1.51. The molecule has 4 saturated carbocycles. The average molecular weight is 453 g/mol. The van der Waals surface area contributed by atoms with Crippen LogP contribution in [0, 0.1) is 34.5 Å². The number of fused-ring (bicyclic) bond motifs is 5. The molecule has 0 aromatic carbocycles. The van der Waals surface area contributed by atoms with Crippen LogP contribution >= 0.6 is 0 Å². The van der Waals surface area contributed by atoms with Crippen LogP contribution in [-0.2, 0) is 29.2 Å². The van der Waals surface area contributed by atoms with Crippen molar-refractivity contribution < 1.29 is 34.3 Å². The summed E-state index contributed by atoms with van der Waals surface area (Å²) < 4.78 is 73.1. The van der Waals surface area contributed by atoms with Gasteiger partial charge in [-0.05, 0) is 92.3 Å². The van der Waals surface area contributed by atoms with E-state index < -0.39 is 33.0 Å². The molecule has 10 heteroatoms. The van der Waals surface area contributed by atoms with Gasteiger partial charge in [-0.1, -0.05) is 13.8 Å². The van der Waals surface area contributed by atoms with Crippen LogP contribution in [0.2, 0.25) is 0 Å². The van der Waals surface area contributed by atoms with Crippen molar-refractivity contribution in [1.82, 2.24) is 0 Å². The largest absolute Gasteiger partial charge is 0.397 e. The molecule has 168 valence electrons. The fourth-order valence-corrected chi connectivity index (χ4v) is 8.86. The van der Waals surface area contributed by atoms with Crippen LogP contribution in [0.25, 0.3) is 0 Å². The van der Waals surface area contributed by atoms with E-state index in [-0.39, 0.29) is 10.8 Å². The number of rotatable bonds is 4. The molecule has 0 saturated heterocycles. The third kappa shape index (κ3) is 4.01. The Kier molecular flexibility index (Phi) is 5.40. The van der Waals surface area contributed by atoms with Gasteiger partial charge >= 0.3 is 20.8 Å². The molecule has 4 fully saturated rings. The summed E-state index contributed by atoms with van der Waals surface area (Å²) in [5.74, 6) is 1.73. The van der Waals surface area contributed by atoms with Gasteiger partial charge in [0.15, 0.2) is 0 Å². The molecule has 29 heavy (non-hydrogen) atoms. The zero-order valence-corrected chi connectivity index (χ0v) is 18.6. The first-order valence-electron chi connectivity index (χ1n) is 10.6. The maximum atomic E-state index is 11.3. The summed E-state index contributed by atoms with van der Waals surface area (Å²) in [6, 6.07) is 0. The molecule has 0 aromatic rings. The first-order chi connectivity index (χ1) is 13.3. The zero-order valence-electron chi connectivity index (χ0n) is 17.0. The quantitative estimate of drug-likeness (QED) is 0.621. The first-order valence-corrected chi connectivity index (χ1v) is 13.4. The van der Waals surface area contributed by atoms with E-state index in [0.717, 1.165) is 38.5 Å². The summed E-state index contributed by atoms with van der Waals surface area (Å²) in [5, 5.41) is 0. The molecule has 8 nitrogen and oxygen atoms in total. The Bertz CT molecular complexity index is 855. The highest BCUT2D eigenvalue weighted by Crippen LogP contribution is 2.66. The minimum Gasteiger partial charge on any atom is -0.264 e. The van der Waals surface area contributed by atoms with Gasteiger partial charge in [-0.3, -0.25) is 9.11 Å². The topological polar surface area (TPSA) is 127 Å². The Labute approximate surface area is 173 Å². The summed E-state index contributed by atoms with van der Waals surface area (Å²) in [6.45, 7) is 4.43. The van der Waals surface area contributed by atoms with Gasteiger partial charge < -0.3 is 0 Å². The molecule has 8 atom stereocenters. The maximum Gasteiger partial charge on any atom is 0.397 e. The van der Waals surface area contributed by atoms with E-state index in [0.29, 0.717) is 42.9 Å². The Morgan fingerprint density at radius 1 is 0.759 bits per heavy atom. The van der Waals surface area contributed by atoms with E-state index in [1.165, 1.54) is 0 Å². The van der Waals surface area contributed by atoms with Crippen molar-refractivity contribution in [2.24, 2.45) is 34.5 Å². The standard InChI is InChI=1S/C19H32O8S2/c1-18-9-7-13(26-28(20,21)22)11-12(18)3-4-14-15-5-6-17(27-29(23,24)25)19(15,2)10-8-16(14)18/h12-17H,3-11H2,1-2H3,(H,20,21,22)(H,23,24,25)/t12-,13-,14-,15-,16-,17+,18-,19-/m0/s1. The Morgan fingerprint density at radius 3 is 2.03 bits per heavy atom. The van der Waals surface area contributed by atoms with Crippen molar-refractivity contribution in [1.29, 1.82) is 0 Å². The van der Waals surface area contributed by atoms with Gasteiger partial charge in [0, 0.05) is 0 Å². The van der Waals surface area contributed by atoms with E-state index in [1.807, 2.05) is 0 Å². The number of hydrogen-bond acceptors (Lipinski definition) is 6. The van der Waals surface area contributed by atoms with E-state index in [4.69, 9.17) is 12.9 Å². The normalized spacial score (nSPS) is 47.9. The van der Waals surface area contributed by atoms with Crippen LogP contribution in [-0.4, -0.2) is 38.1 Å². The van der Waals surface area contributed by atoms with Crippen molar-refractivity contribution >= 4 is 20.8 Å². The molecule has 0 aromatic heterocycles. The van der Waals surface area contributed by atoms with Gasteiger partial charge in [-0.2, -0.15) is 16.8 Å². The second kappa shape index (κ2) is 7.13. The molecule has 0 radical (unpaired) electrons. The van der Waals surface area contributed by atoms with E-state index in [1.54, 1.807) is 0 Å². The van der Waals surface area contributed by atoms with Crippen molar-refractivity contribution in [2.45, 2.75) is 83.8 Å². The van der Waals surface area contributed by atoms with Crippen LogP contribution in [0.3, 0.4) is 0 Å². The molecule has 4 aliphatic rings. The lowest BCUT2D eigenvalue weighted by Gasteiger charge is -2.60. The Hall–Kier alpha value is -0.260. The van der Waals surface area contributed by atoms with Crippen LogP contribution in [0.15, 0.2) is 0 Å². The van der Waals surface area contributed by atoms with Gasteiger partial charge in [0.1, 0.15) is 0 Å².